The van der Waals surface area contributed by atoms with Gasteiger partial charge in [0.15, 0.2) is 0 Å². The van der Waals surface area contributed by atoms with Gasteiger partial charge in [-0.05, 0) is 45.3 Å². The predicted molar refractivity (Wildman–Crippen MR) is 109 cm³/mol. The molecule has 146 valence electrons. The highest BCUT2D eigenvalue weighted by atomic mass is 16.2. The molecule has 0 radical (unpaired) electrons. The van der Waals surface area contributed by atoms with Gasteiger partial charge >= 0.3 is 0 Å². The SMILES string of the molecule is CCCCCCCCCN(CCCCO)CCCCCCCCC. The van der Waals surface area contributed by atoms with Gasteiger partial charge in [0.25, 0.3) is 0 Å². The standard InChI is InChI=1S/C22H47NO/c1-3-5-7-9-11-13-15-19-23(21-17-18-22-24)20-16-14-12-10-8-6-4-2/h24H,3-22H2,1-2H3. The van der Waals surface area contributed by atoms with Gasteiger partial charge in [-0.25, -0.2) is 0 Å². The Morgan fingerprint density at radius 3 is 1.17 bits per heavy atom. The van der Waals surface area contributed by atoms with Gasteiger partial charge in [0.1, 0.15) is 0 Å². The molecule has 24 heavy (non-hydrogen) atoms. The molecule has 0 rings (SSSR count). The van der Waals surface area contributed by atoms with E-state index < -0.39 is 0 Å². The Labute approximate surface area is 153 Å². The molecular formula is C22H47NO. The molecule has 0 aliphatic heterocycles. The normalized spacial score (nSPS) is 11.5. The molecular weight excluding hydrogens is 294 g/mol. The molecule has 1 N–H and O–H groups in total. The van der Waals surface area contributed by atoms with Gasteiger partial charge in [0.2, 0.25) is 0 Å². The molecule has 0 spiro atoms. The summed E-state index contributed by atoms with van der Waals surface area (Å²) in [6.45, 7) is 8.65. The minimum Gasteiger partial charge on any atom is -0.396 e. The Morgan fingerprint density at radius 1 is 0.458 bits per heavy atom. The first-order valence-electron chi connectivity index (χ1n) is 11.2. The summed E-state index contributed by atoms with van der Waals surface area (Å²) in [5.41, 5.74) is 0. The van der Waals surface area contributed by atoms with Crippen LogP contribution in [0, 0.1) is 0 Å². The monoisotopic (exact) mass is 341 g/mol. The van der Waals surface area contributed by atoms with Crippen LogP contribution < -0.4 is 0 Å². The zero-order valence-electron chi connectivity index (χ0n) is 17.0. The molecule has 0 bridgehead atoms. The van der Waals surface area contributed by atoms with E-state index in [2.05, 4.69) is 18.7 Å². The van der Waals surface area contributed by atoms with Crippen LogP contribution in [-0.4, -0.2) is 36.2 Å². The Hall–Kier alpha value is -0.0800. The van der Waals surface area contributed by atoms with E-state index in [-0.39, 0.29) is 0 Å². The number of aliphatic hydroxyl groups is 1. The Bertz CT molecular complexity index is 202. The molecule has 0 unspecified atom stereocenters. The minimum atomic E-state index is 0.350. The van der Waals surface area contributed by atoms with E-state index in [4.69, 9.17) is 5.11 Å². The van der Waals surface area contributed by atoms with Crippen molar-refractivity contribution in [1.29, 1.82) is 0 Å². The fourth-order valence-corrected chi connectivity index (χ4v) is 3.37. The first-order chi connectivity index (χ1) is 11.8. The third kappa shape index (κ3) is 18.3. The second-order valence-corrected chi connectivity index (χ2v) is 7.51. The van der Waals surface area contributed by atoms with Crippen molar-refractivity contribution in [2.24, 2.45) is 0 Å². The molecule has 0 amide bonds. The molecule has 0 fully saturated rings. The minimum absolute atomic E-state index is 0.350. The summed E-state index contributed by atoms with van der Waals surface area (Å²) in [7, 11) is 0. The number of rotatable bonds is 20. The van der Waals surface area contributed by atoms with E-state index in [9.17, 15) is 0 Å². The molecule has 2 nitrogen and oxygen atoms in total. The summed E-state index contributed by atoms with van der Waals surface area (Å²) >= 11 is 0. The summed E-state index contributed by atoms with van der Waals surface area (Å²) in [5, 5.41) is 8.99. The second-order valence-electron chi connectivity index (χ2n) is 7.51. The number of hydrogen-bond acceptors (Lipinski definition) is 2. The van der Waals surface area contributed by atoms with Crippen molar-refractivity contribution >= 4 is 0 Å². The Kier molecular flexibility index (Phi) is 20.9. The van der Waals surface area contributed by atoms with Crippen LogP contribution in [-0.2, 0) is 0 Å². The van der Waals surface area contributed by atoms with Gasteiger partial charge in [-0.15, -0.1) is 0 Å². The van der Waals surface area contributed by atoms with E-state index in [0.717, 1.165) is 12.8 Å². The van der Waals surface area contributed by atoms with Crippen LogP contribution in [0.4, 0.5) is 0 Å². The van der Waals surface area contributed by atoms with E-state index in [0.29, 0.717) is 6.61 Å². The summed E-state index contributed by atoms with van der Waals surface area (Å²) in [6.07, 6.45) is 21.7. The Morgan fingerprint density at radius 2 is 0.792 bits per heavy atom. The van der Waals surface area contributed by atoms with Crippen LogP contribution in [0.15, 0.2) is 0 Å². The number of nitrogens with zero attached hydrogens (tertiary/aromatic N) is 1. The van der Waals surface area contributed by atoms with Crippen LogP contribution in [0.1, 0.15) is 117 Å². The molecule has 0 aliphatic carbocycles. The van der Waals surface area contributed by atoms with Gasteiger partial charge in [0, 0.05) is 6.61 Å². The first kappa shape index (κ1) is 23.9. The molecule has 2 heteroatoms. The van der Waals surface area contributed by atoms with Gasteiger partial charge in [-0.2, -0.15) is 0 Å². The zero-order chi connectivity index (χ0) is 17.7. The van der Waals surface area contributed by atoms with Crippen molar-refractivity contribution in [3.05, 3.63) is 0 Å². The molecule has 0 atom stereocenters. The lowest BCUT2D eigenvalue weighted by atomic mass is 10.1. The smallest absolute Gasteiger partial charge is 0.0431 e. The van der Waals surface area contributed by atoms with E-state index in [1.807, 2.05) is 0 Å². The maximum Gasteiger partial charge on any atom is 0.0431 e. The van der Waals surface area contributed by atoms with Gasteiger partial charge in [-0.3, -0.25) is 0 Å². The lowest BCUT2D eigenvalue weighted by Gasteiger charge is -2.22. The molecule has 0 saturated heterocycles. The molecule has 0 aliphatic rings. The number of unbranched alkanes of at least 4 members (excludes halogenated alkanes) is 13. The Balaban J connectivity index is 3.64. The van der Waals surface area contributed by atoms with Gasteiger partial charge in [-0.1, -0.05) is 90.9 Å². The lowest BCUT2D eigenvalue weighted by Crippen LogP contribution is -2.27. The van der Waals surface area contributed by atoms with E-state index >= 15 is 0 Å². The van der Waals surface area contributed by atoms with Crippen molar-refractivity contribution in [2.45, 2.75) is 117 Å². The quantitative estimate of drug-likeness (QED) is 0.253. The third-order valence-electron chi connectivity index (χ3n) is 5.04. The van der Waals surface area contributed by atoms with E-state index in [1.165, 1.54) is 110 Å². The summed E-state index contributed by atoms with van der Waals surface area (Å²) in [5.74, 6) is 0. The fraction of sp³-hybridized carbons (Fsp3) is 1.00. The average molecular weight is 342 g/mol. The van der Waals surface area contributed by atoms with Crippen LogP contribution >= 0.6 is 0 Å². The van der Waals surface area contributed by atoms with Crippen LogP contribution in [0.5, 0.6) is 0 Å². The second kappa shape index (κ2) is 21.0. The van der Waals surface area contributed by atoms with E-state index in [1.54, 1.807) is 0 Å². The maximum absolute atomic E-state index is 8.99. The van der Waals surface area contributed by atoms with Crippen molar-refractivity contribution in [1.82, 2.24) is 4.90 Å². The summed E-state index contributed by atoms with van der Waals surface area (Å²) < 4.78 is 0. The highest BCUT2D eigenvalue weighted by Gasteiger charge is 2.04. The fourth-order valence-electron chi connectivity index (χ4n) is 3.37. The van der Waals surface area contributed by atoms with Crippen molar-refractivity contribution in [3.8, 4) is 0 Å². The molecule has 0 aromatic carbocycles. The zero-order valence-corrected chi connectivity index (χ0v) is 17.0. The van der Waals surface area contributed by atoms with Crippen LogP contribution in [0.2, 0.25) is 0 Å². The number of hydrogen-bond donors (Lipinski definition) is 1. The highest BCUT2D eigenvalue weighted by Crippen LogP contribution is 2.10. The third-order valence-corrected chi connectivity index (χ3v) is 5.04. The summed E-state index contributed by atoms with van der Waals surface area (Å²) in [4.78, 5) is 2.66. The maximum atomic E-state index is 8.99. The molecule has 0 heterocycles. The summed E-state index contributed by atoms with van der Waals surface area (Å²) in [6, 6.07) is 0. The lowest BCUT2D eigenvalue weighted by molar-refractivity contribution is 0.234. The highest BCUT2D eigenvalue weighted by molar-refractivity contribution is 4.60. The number of aliphatic hydroxyl groups excluding tert-OH is 1. The average Bonchev–Trinajstić information content (AvgIpc) is 2.59. The molecule has 0 saturated carbocycles. The van der Waals surface area contributed by atoms with Crippen molar-refractivity contribution in [3.63, 3.8) is 0 Å². The van der Waals surface area contributed by atoms with Crippen LogP contribution in [0.3, 0.4) is 0 Å². The molecule has 0 aromatic heterocycles. The molecule has 0 aromatic rings. The van der Waals surface area contributed by atoms with Gasteiger partial charge < -0.3 is 10.0 Å². The van der Waals surface area contributed by atoms with Gasteiger partial charge in [0.05, 0.1) is 0 Å². The van der Waals surface area contributed by atoms with Crippen LogP contribution in [0.25, 0.3) is 0 Å². The first-order valence-corrected chi connectivity index (χ1v) is 11.2. The predicted octanol–water partition coefficient (Wildman–Crippen LogP) is 6.56. The topological polar surface area (TPSA) is 23.5 Å². The largest absolute Gasteiger partial charge is 0.396 e. The van der Waals surface area contributed by atoms with Crippen molar-refractivity contribution in [2.75, 3.05) is 26.2 Å². The van der Waals surface area contributed by atoms with Crippen molar-refractivity contribution < 1.29 is 5.11 Å².